The third kappa shape index (κ3) is 10.1. The van der Waals surface area contributed by atoms with Crippen molar-refractivity contribution in [2.75, 3.05) is 0 Å². The van der Waals surface area contributed by atoms with Gasteiger partial charge in [-0.05, 0) is 57.4 Å². The first-order valence-electron chi connectivity index (χ1n) is 11.4. The molecule has 202 valence electrons. The number of hydrogen-bond donors (Lipinski definition) is 0. The molecule has 0 radical (unpaired) electrons. The van der Waals surface area contributed by atoms with Crippen LogP contribution in [0.3, 0.4) is 0 Å². The van der Waals surface area contributed by atoms with E-state index in [0.717, 1.165) is 31.0 Å². The Morgan fingerprint density at radius 2 is 0.974 bits per heavy atom. The van der Waals surface area contributed by atoms with Crippen LogP contribution in [0, 0.1) is 30.6 Å². The molecule has 0 aliphatic heterocycles. The van der Waals surface area contributed by atoms with Gasteiger partial charge in [0.15, 0.2) is 0 Å². The molecule has 0 amide bonds. The fraction of sp³-hybridized carbons (Fsp3) is 0.111. The largest absolute Gasteiger partial charge is 2.00 e. The molecule has 0 fully saturated rings. The third-order valence-electron chi connectivity index (χ3n) is 5.49. The van der Waals surface area contributed by atoms with Gasteiger partial charge in [0.05, 0.1) is 21.6 Å². The zero-order chi connectivity index (χ0) is 27.3. The summed E-state index contributed by atoms with van der Waals surface area (Å²) in [6, 6.07) is 31.8. The third-order valence-corrected chi connectivity index (χ3v) is 5.49. The maximum Gasteiger partial charge on any atom is 2.00 e. The van der Waals surface area contributed by atoms with E-state index in [0.29, 0.717) is 0 Å². The molecule has 11 nitrogen and oxygen atoms in total. The van der Waals surface area contributed by atoms with Gasteiger partial charge in [-0.25, -0.2) is 0 Å². The second kappa shape index (κ2) is 15.7. The molecule has 2 heterocycles. The summed E-state index contributed by atoms with van der Waals surface area (Å²) in [7, 11) is 0. The Hall–Kier alpha value is -4.50. The minimum absolute atomic E-state index is 0. The van der Waals surface area contributed by atoms with Crippen molar-refractivity contribution in [3.05, 3.63) is 151 Å². The molecule has 3 aromatic carbocycles. The van der Waals surface area contributed by atoms with E-state index in [9.17, 15) is 0 Å². The van der Waals surface area contributed by atoms with E-state index < -0.39 is 10.2 Å². The van der Waals surface area contributed by atoms with E-state index in [1.807, 2.05) is 24.5 Å². The molecule has 0 saturated carbocycles. The van der Waals surface area contributed by atoms with E-state index >= 15 is 0 Å². The molecule has 0 unspecified atom stereocenters. The van der Waals surface area contributed by atoms with Gasteiger partial charge in [-0.3, -0.25) is 14.9 Å². The van der Waals surface area contributed by atoms with Crippen molar-refractivity contribution in [1.82, 2.24) is 14.9 Å². The second-order valence-corrected chi connectivity index (χ2v) is 8.03. The van der Waals surface area contributed by atoms with Gasteiger partial charge < -0.3 is 30.6 Å². The van der Waals surface area contributed by atoms with Gasteiger partial charge >= 0.3 is 20.4 Å². The SMILES string of the molecule is O=[N+]([O-])[O-].O=[N+]([O-])[O-].[Pd+2].c1ccc(CN(Cc2ccccn2)Cc2c3ccccc3cc3ccccc23)nc1. The molecule has 0 spiro atoms. The predicted octanol–water partition coefficient (Wildman–Crippen LogP) is 5.50. The summed E-state index contributed by atoms with van der Waals surface area (Å²) in [4.78, 5) is 28.1. The summed E-state index contributed by atoms with van der Waals surface area (Å²) in [5.74, 6) is 0. The molecule has 39 heavy (non-hydrogen) atoms. The number of pyridine rings is 2. The van der Waals surface area contributed by atoms with Crippen LogP contribution < -0.4 is 0 Å². The van der Waals surface area contributed by atoms with Gasteiger partial charge in [-0.15, -0.1) is 0 Å². The molecule has 0 aliphatic carbocycles. The van der Waals surface area contributed by atoms with Crippen LogP contribution in [0.2, 0.25) is 0 Å². The minimum atomic E-state index is -1.75. The van der Waals surface area contributed by atoms with Gasteiger partial charge in [0.2, 0.25) is 0 Å². The predicted molar refractivity (Wildman–Crippen MR) is 144 cm³/mol. The number of fused-ring (bicyclic) bond motifs is 2. The van der Waals surface area contributed by atoms with E-state index in [1.54, 1.807) is 0 Å². The van der Waals surface area contributed by atoms with Gasteiger partial charge in [0.1, 0.15) is 0 Å². The van der Waals surface area contributed by atoms with Crippen LogP contribution in [-0.4, -0.2) is 25.0 Å². The van der Waals surface area contributed by atoms with Crippen LogP contribution in [-0.2, 0) is 40.1 Å². The summed E-state index contributed by atoms with van der Waals surface area (Å²) in [6.07, 6.45) is 3.73. The summed E-state index contributed by atoms with van der Waals surface area (Å²) >= 11 is 0. The topological polar surface area (TPSA) is 161 Å². The standard InChI is InChI=1S/C27H23N3.2NO3.Pd/c1-3-13-25-21(9-1)17-22-10-2-4-14-26(22)27(25)20-30(18-23-11-5-7-15-28-23)19-24-12-6-8-16-29-24;2*2-1(3)4;/h1-17H,18-20H2;;;/q;2*-1;+2. The van der Waals surface area contributed by atoms with Crippen molar-refractivity contribution in [3.63, 3.8) is 0 Å². The smallest absolute Gasteiger partial charge is 0.356 e. The molecule has 0 saturated heterocycles. The van der Waals surface area contributed by atoms with Crippen LogP contribution in [0.1, 0.15) is 17.0 Å². The average Bonchev–Trinajstić information content (AvgIpc) is 2.89. The average molecular weight is 620 g/mol. The zero-order valence-corrected chi connectivity index (χ0v) is 22.0. The van der Waals surface area contributed by atoms with Crippen LogP contribution >= 0.6 is 0 Å². The van der Waals surface area contributed by atoms with Crippen LogP contribution in [0.15, 0.2) is 103 Å². The van der Waals surface area contributed by atoms with Crippen LogP contribution in [0.4, 0.5) is 0 Å². The molecule has 12 heteroatoms. The Morgan fingerprint density at radius 1 is 0.590 bits per heavy atom. The van der Waals surface area contributed by atoms with Crippen molar-refractivity contribution < 1.29 is 30.6 Å². The van der Waals surface area contributed by atoms with E-state index in [-0.39, 0.29) is 20.4 Å². The van der Waals surface area contributed by atoms with Gasteiger partial charge in [0.25, 0.3) is 0 Å². The van der Waals surface area contributed by atoms with Gasteiger partial charge in [-0.1, -0.05) is 60.7 Å². The summed E-state index contributed by atoms with van der Waals surface area (Å²) in [5.41, 5.74) is 3.49. The normalized spacial score (nSPS) is 9.97. The zero-order valence-electron chi connectivity index (χ0n) is 20.4. The van der Waals surface area contributed by atoms with Crippen LogP contribution in [0.25, 0.3) is 21.5 Å². The second-order valence-electron chi connectivity index (χ2n) is 8.03. The number of nitrogens with zero attached hydrogens (tertiary/aromatic N) is 5. The molecular formula is C27H23N5O6Pd. The molecule has 0 atom stereocenters. The van der Waals surface area contributed by atoms with E-state index in [4.69, 9.17) is 30.6 Å². The first kappa shape index (κ1) is 30.7. The summed E-state index contributed by atoms with van der Waals surface area (Å²) in [6.45, 7) is 2.37. The maximum absolute atomic E-state index is 8.25. The Morgan fingerprint density at radius 3 is 1.36 bits per heavy atom. The molecule has 0 bridgehead atoms. The summed E-state index contributed by atoms with van der Waals surface area (Å²) < 4.78 is 0. The van der Waals surface area contributed by atoms with Crippen molar-refractivity contribution >= 4 is 21.5 Å². The van der Waals surface area contributed by atoms with Gasteiger partial charge in [0, 0.05) is 32.0 Å². The first-order chi connectivity index (χ1) is 18.3. The number of rotatable bonds is 6. The molecule has 5 aromatic rings. The van der Waals surface area contributed by atoms with Gasteiger partial charge in [-0.2, -0.15) is 0 Å². The molecule has 2 aromatic heterocycles. The van der Waals surface area contributed by atoms with Crippen molar-refractivity contribution in [2.45, 2.75) is 19.6 Å². The minimum Gasteiger partial charge on any atom is -0.356 e. The van der Waals surface area contributed by atoms with E-state index in [1.165, 1.54) is 27.1 Å². The quantitative estimate of drug-likeness (QED) is 0.103. The van der Waals surface area contributed by atoms with Crippen molar-refractivity contribution in [2.24, 2.45) is 0 Å². The fourth-order valence-electron chi connectivity index (χ4n) is 4.11. The molecule has 0 N–H and O–H groups in total. The Labute approximate surface area is 237 Å². The van der Waals surface area contributed by atoms with Crippen molar-refractivity contribution in [3.8, 4) is 0 Å². The molecule has 0 aliphatic rings. The van der Waals surface area contributed by atoms with E-state index in [2.05, 4.69) is 93.7 Å². The summed E-state index contributed by atoms with van der Waals surface area (Å²) in [5, 5.41) is 34.7. The Bertz CT molecular complexity index is 1380. The molecule has 5 rings (SSSR count). The monoisotopic (exact) mass is 619 g/mol. The van der Waals surface area contributed by atoms with Crippen molar-refractivity contribution in [1.29, 1.82) is 0 Å². The number of aromatic nitrogens is 2. The number of hydrogen-bond acceptors (Lipinski definition) is 9. The first-order valence-corrected chi connectivity index (χ1v) is 11.4. The Kier molecular flexibility index (Phi) is 12.4. The van der Waals surface area contributed by atoms with Crippen LogP contribution in [0.5, 0.6) is 0 Å². The number of benzene rings is 3. The fourth-order valence-corrected chi connectivity index (χ4v) is 4.11. The Balaban J connectivity index is 0.000000527. The maximum atomic E-state index is 8.25. The molecular weight excluding hydrogens is 597 g/mol.